The van der Waals surface area contributed by atoms with E-state index >= 15 is 0 Å². The van der Waals surface area contributed by atoms with Crippen LogP contribution in [0.25, 0.3) is 0 Å². The molecular weight excluding hydrogens is 405 g/mol. The molecule has 0 fully saturated rings. The zero-order valence-electron chi connectivity index (χ0n) is 15.0. The van der Waals surface area contributed by atoms with E-state index in [1.807, 2.05) is 0 Å². The van der Waals surface area contributed by atoms with Gasteiger partial charge in [0.25, 0.3) is 0 Å². The molecule has 1 atom stereocenters. The number of hydrogen-bond acceptors (Lipinski definition) is 5. The van der Waals surface area contributed by atoms with E-state index < -0.39 is 34.1 Å². The molecular formula is C17H22Cl3NO5. The summed E-state index contributed by atoms with van der Waals surface area (Å²) in [6.45, 7) is 4.70. The van der Waals surface area contributed by atoms with Crippen molar-refractivity contribution in [3.05, 3.63) is 29.8 Å². The lowest BCUT2D eigenvalue weighted by molar-refractivity contribution is -0.146. The summed E-state index contributed by atoms with van der Waals surface area (Å²) in [5.41, 5.74) is 0.0636. The highest BCUT2D eigenvalue weighted by Crippen LogP contribution is 2.26. The standard InChI is InChI=1S/C17H22Cl3NO5/c1-16(2,3)26-15(23)21-13(14(22)25-10-17(18,19)20)9-11-5-7-12(24-4)8-6-11/h5-8,13H,9-10H2,1-4H3,(H,21,23)/t13-/m1/s1. The number of nitrogens with one attached hydrogen (secondary N) is 1. The quantitative estimate of drug-likeness (QED) is 0.549. The van der Waals surface area contributed by atoms with E-state index in [-0.39, 0.29) is 6.42 Å². The molecule has 1 aromatic carbocycles. The number of hydrogen-bond donors (Lipinski definition) is 1. The van der Waals surface area contributed by atoms with Crippen molar-refractivity contribution >= 4 is 46.9 Å². The average molecular weight is 427 g/mol. The number of alkyl halides is 3. The van der Waals surface area contributed by atoms with Gasteiger partial charge in [0.05, 0.1) is 7.11 Å². The minimum Gasteiger partial charge on any atom is -0.497 e. The molecule has 0 spiro atoms. The molecule has 0 unspecified atom stereocenters. The van der Waals surface area contributed by atoms with E-state index in [1.54, 1.807) is 52.1 Å². The van der Waals surface area contributed by atoms with Crippen LogP contribution in [0.15, 0.2) is 24.3 Å². The van der Waals surface area contributed by atoms with Crippen LogP contribution in [0.1, 0.15) is 26.3 Å². The Balaban J connectivity index is 2.85. The molecule has 0 radical (unpaired) electrons. The number of ether oxygens (including phenoxy) is 3. The Labute approximate surface area is 168 Å². The summed E-state index contributed by atoms with van der Waals surface area (Å²) in [5, 5.41) is 2.49. The number of carbonyl (C=O) groups excluding carboxylic acids is 2. The van der Waals surface area contributed by atoms with Crippen LogP contribution in [0, 0.1) is 0 Å². The van der Waals surface area contributed by atoms with E-state index in [0.29, 0.717) is 5.75 Å². The Kier molecular flexibility index (Phi) is 8.31. The van der Waals surface area contributed by atoms with Crippen LogP contribution in [0.3, 0.4) is 0 Å². The van der Waals surface area contributed by atoms with Gasteiger partial charge in [-0.3, -0.25) is 0 Å². The van der Waals surface area contributed by atoms with Crippen LogP contribution in [0.2, 0.25) is 0 Å². The second-order valence-corrected chi connectivity index (χ2v) is 8.99. The number of halogens is 3. The van der Waals surface area contributed by atoms with Crippen molar-refractivity contribution in [2.45, 2.75) is 42.6 Å². The smallest absolute Gasteiger partial charge is 0.408 e. The predicted octanol–water partition coefficient (Wildman–Crippen LogP) is 4.04. The summed E-state index contributed by atoms with van der Waals surface area (Å²) in [6, 6.07) is 6.01. The second-order valence-electron chi connectivity index (χ2n) is 6.47. The van der Waals surface area contributed by atoms with Gasteiger partial charge in [-0.15, -0.1) is 0 Å². The minimum atomic E-state index is -1.74. The Hall–Kier alpha value is -1.37. The van der Waals surface area contributed by atoms with Crippen molar-refractivity contribution in [2.24, 2.45) is 0 Å². The van der Waals surface area contributed by atoms with Gasteiger partial charge in [-0.2, -0.15) is 0 Å². The lowest BCUT2D eigenvalue weighted by Gasteiger charge is -2.23. The molecule has 0 saturated carbocycles. The molecule has 9 heteroatoms. The molecule has 26 heavy (non-hydrogen) atoms. The maximum atomic E-state index is 12.3. The van der Waals surface area contributed by atoms with Gasteiger partial charge in [0.15, 0.2) is 0 Å². The van der Waals surface area contributed by atoms with Crippen molar-refractivity contribution in [3.63, 3.8) is 0 Å². The first-order chi connectivity index (χ1) is 11.9. The van der Waals surface area contributed by atoms with Gasteiger partial charge in [-0.25, -0.2) is 9.59 Å². The number of alkyl carbamates (subject to hydrolysis) is 1. The first-order valence-corrected chi connectivity index (χ1v) is 8.89. The SMILES string of the molecule is COc1ccc(C[C@@H](NC(=O)OC(C)(C)C)C(=O)OCC(Cl)(Cl)Cl)cc1. The maximum absolute atomic E-state index is 12.3. The predicted molar refractivity (Wildman–Crippen MR) is 101 cm³/mol. The molecule has 0 bridgehead atoms. The molecule has 0 aliphatic carbocycles. The number of rotatable bonds is 6. The molecule has 0 heterocycles. The molecule has 0 aliphatic rings. The van der Waals surface area contributed by atoms with E-state index in [4.69, 9.17) is 49.0 Å². The number of benzene rings is 1. The fourth-order valence-corrected chi connectivity index (χ4v) is 2.06. The van der Waals surface area contributed by atoms with E-state index in [9.17, 15) is 9.59 Å². The van der Waals surface area contributed by atoms with Crippen LogP contribution in [-0.2, 0) is 20.7 Å². The number of amides is 1. The number of carbonyl (C=O) groups is 2. The van der Waals surface area contributed by atoms with Gasteiger partial charge in [-0.1, -0.05) is 46.9 Å². The summed E-state index contributed by atoms with van der Waals surface area (Å²) in [4.78, 5) is 24.4. The van der Waals surface area contributed by atoms with Gasteiger partial charge in [0, 0.05) is 6.42 Å². The summed E-state index contributed by atoms with van der Waals surface area (Å²) < 4.78 is 13.5. The molecule has 1 amide bonds. The van der Waals surface area contributed by atoms with Crippen molar-refractivity contribution < 1.29 is 23.8 Å². The van der Waals surface area contributed by atoms with Crippen LogP contribution >= 0.6 is 34.8 Å². The molecule has 0 aliphatic heterocycles. The van der Waals surface area contributed by atoms with Crippen LogP contribution in [-0.4, -0.2) is 41.2 Å². The number of methoxy groups -OCH3 is 1. The van der Waals surface area contributed by atoms with Gasteiger partial charge in [-0.05, 0) is 38.5 Å². The Morgan fingerprint density at radius 3 is 2.15 bits per heavy atom. The van der Waals surface area contributed by atoms with Crippen molar-refractivity contribution in [2.75, 3.05) is 13.7 Å². The Morgan fingerprint density at radius 2 is 1.69 bits per heavy atom. The van der Waals surface area contributed by atoms with Gasteiger partial charge >= 0.3 is 12.1 Å². The molecule has 0 saturated heterocycles. The normalized spacial score (nSPS) is 12.9. The highest BCUT2D eigenvalue weighted by molar-refractivity contribution is 6.67. The van der Waals surface area contributed by atoms with E-state index in [2.05, 4.69) is 5.32 Å². The Morgan fingerprint density at radius 1 is 1.12 bits per heavy atom. The summed E-state index contributed by atoms with van der Waals surface area (Å²) in [5.74, 6) is -0.0674. The highest BCUT2D eigenvalue weighted by Gasteiger charge is 2.29. The monoisotopic (exact) mass is 425 g/mol. The summed E-state index contributed by atoms with van der Waals surface area (Å²) in [6.07, 6.45) is -0.580. The lowest BCUT2D eigenvalue weighted by atomic mass is 10.1. The third-order valence-electron chi connectivity index (χ3n) is 2.95. The zero-order chi connectivity index (χ0) is 20.0. The van der Waals surface area contributed by atoms with Gasteiger partial charge in [0.1, 0.15) is 24.0 Å². The number of esters is 1. The van der Waals surface area contributed by atoms with Crippen molar-refractivity contribution in [1.82, 2.24) is 5.32 Å². The van der Waals surface area contributed by atoms with E-state index in [1.165, 1.54) is 0 Å². The summed E-state index contributed by atoms with van der Waals surface area (Å²) in [7, 11) is 1.55. The molecule has 146 valence electrons. The van der Waals surface area contributed by atoms with Crippen LogP contribution in [0.5, 0.6) is 5.75 Å². The van der Waals surface area contributed by atoms with Crippen molar-refractivity contribution in [1.29, 1.82) is 0 Å². The molecule has 1 aromatic rings. The summed E-state index contributed by atoms with van der Waals surface area (Å²) >= 11 is 16.8. The van der Waals surface area contributed by atoms with Gasteiger partial charge < -0.3 is 19.5 Å². The molecule has 1 rings (SSSR count). The second kappa shape index (κ2) is 9.53. The zero-order valence-corrected chi connectivity index (χ0v) is 17.2. The van der Waals surface area contributed by atoms with Crippen molar-refractivity contribution in [3.8, 4) is 5.75 Å². The molecule has 0 aromatic heterocycles. The molecule has 6 nitrogen and oxygen atoms in total. The third-order valence-corrected chi connectivity index (χ3v) is 3.28. The van der Waals surface area contributed by atoms with Crippen LogP contribution < -0.4 is 10.1 Å². The largest absolute Gasteiger partial charge is 0.497 e. The van der Waals surface area contributed by atoms with E-state index in [0.717, 1.165) is 5.56 Å². The third kappa shape index (κ3) is 9.36. The average Bonchev–Trinajstić information content (AvgIpc) is 2.50. The van der Waals surface area contributed by atoms with Gasteiger partial charge in [0.2, 0.25) is 3.79 Å². The maximum Gasteiger partial charge on any atom is 0.408 e. The lowest BCUT2D eigenvalue weighted by Crippen LogP contribution is -2.46. The Bertz CT molecular complexity index is 608. The fraction of sp³-hybridized carbons (Fsp3) is 0.529. The highest BCUT2D eigenvalue weighted by atomic mass is 35.6. The fourth-order valence-electron chi connectivity index (χ4n) is 1.89. The first-order valence-electron chi connectivity index (χ1n) is 7.75. The first kappa shape index (κ1) is 22.7. The molecule has 1 N–H and O–H groups in total. The van der Waals surface area contributed by atoms with Crippen LogP contribution in [0.4, 0.5) is 4.79 Å². The minimum absolute atomic E-state index is 0.169. The topological polar surface area (TPSA) is 73.9 Å².